The molecule has 3 aromatic rings. The van der Waals surface area contributed by atoms with Crippen molar-refractivity contribution in [1.29, 1.82) is 0 Å². The number of hydrogen-bond donors (Lipinski definition) is 1. The summed E-state index contributed by atoms with van der Waals surface area (Å²) in [5.74, 6) is -0.172. The number of amides is 2. The molecule has 0 unspecified atom stereocenters. The Morgan fingerprint density at radius 1 is 0.949 bits per heavy atom. The van der Waals surface area contributed by atoms with E-state index >= 15 is 0 Å². The second-order valence-electron chi connectivity index (χ2n) is 9.62. The van der Waals surface area contributed by atoms with Crippen molar-refractivity contribution in [3.63, 3.8) is 0 Å². The fourth-order valence-electron chi connectivity index (χ4n) is 4.30. The summed E-state index contributed by atoms with van der Waals surface area (Å²) in [6.45, 7) is 7.02. The van der Waals surface area contributed by atoms with Crippen LogP contribution in [0.1, 0.15) is 38.3 Å². The van der Waals surface area contributed by atoms with Crippen LogP contribution in [0.15, 0.2) is 83.8 Å². The van der Waals surface area contributed by atoms with E-state index in [9.17, 15) is 18.0 Å². The van der Waals surface area contributed by atoms with Crippen LogP contribution in [-0.2, 0) is 26.2 Å². The number of nitrogens with one attached hydrogen (secondary N) is 1. The summed E-state index contributed by atoms with van der Waals surface area (Å²) in [5, 5.41) is 2.90. The molecule has 39 heavy (non-hydrogen) atoms. The number of carbonyl (C=O) groups is 2. The monoisotopic (exact) mass is 551 g/mol. The van der Waals surface area contributed by atoms with Crippen LogP contribution in [0.3, 0.4) is 0 Å². The van der Waals surface area contributed by atoms with Crippen LogP contribution in [0.25, 0.3) is 0 Å². The van der Waals surface area contributed by atoms with Gasteiger partial charge >= 0.3 is 0 Å². The lowest BCUT2D eigenvalue weighted by Crippen LogP contribution is -2.53. The first-order chi connectivity index (χ1) is 18.6. The van der Waals surface area contributed by atoms with Gasteiger partial charge < -0.3 is 15.0 Å². The quantitative estimate of drug-likeness (QED) is 0.357. The van der Waals surface area contributed by atoms with Gasteiger partial charge in [0.1, 0.15) is 18.3 Å². The van der Waals surface area contributed by atoms with E-state index in [4.69, 9.17) is 4.74 Å². The van der Waals surface area contributed by atoms with Gasteiger partial charge in [0.05, 0.1) is 17.7 Å². The molecule has 0 aromatic heterocycles. The fraction of sp³-hybridized carbons (Fsp3) is 0.333. The predicted octanol–water partition coefficient (Wildman–Crippen LogP) is 4.53. The third kappa shape index (κ3) is 7.60. The fourth-order valence-corrected chi connectivity index (χ4v) is 5.73. The number of aryl methyl sites for hydroxylation is 1. The predicted molar refractivity (Wildman–Crippen MR) is 153 cm³/mol. The summed E-state index contributed by atoms with van der Waals surface area (Å²) in [6.07, 6.45) is 0.351. The first kappa shape index (κ1) is 29.7. The molecule has 0 heterocycles. The minimum absolute atomic E-state index is 0.0724. The number of carbonyl (C=O) groups excluding carboxylic acids is 2. The van der Waals surface area contributed by atoms with Crippen molar-refractivity contribution in [2.24, 2.45) is 0 Å². The Labute approximate surface area is 231 Å². The SMILES string of the molecule is CC[C@H](C(=O)NC(C)C)N(Cc1cccc(OC)c1)C(=O)CN(c1cccc(C)c1)S(=O)(=O)c1ccccc1. The van der Waals surface area contributed by atoms with Crippen LogP contribution in [0.2, 0.25) is 0 Å². The summed E-state index contributed by atoms with van der Waals surface area (Å²) >= 11 is 0. The van der Waals surface area contributed by atoms with E-state index in [-0.39, 0.29) is 23.4 Å². The lowest BCUT2D eigenvalue weighted by molar-refractivity contribution is -0.140. The van der Waals surface area contributed by atoms with E-state index in [1.165, 1.54) is 17.0 Å². The van der Waals surface area contributed by atoms with E-state index in [2.05, 4.69) is 5.32 Å². The molecule has 2 amide bonds. The standard InChI is InChI=1S/C30H37N3O5S/c1-6-28(30(35)31-22(2)3)32(20-24-13-11-15-26(19-24)38-5)29(34)21-33(25-14-10-12-23(4)18-25)39(36,37)27-16-8-7-9-17-27/h7-19,22,28H,6,20-21H2,1-5H3,(H,31,35)/t28-/m1/s1. The van der Waals surface area contributed by atoms with Gasteiger partial charge in [0.15, 0.2) is 0 Å². The lowest BCUT2D eigenvalue weighted by atomic mass is 10.1. The van der Waals surface area contributed by atoms with Crippen molar-refractivity contribution in [3.05, 3.63) is 90.0 Å². The van der Waals surface area contributed by atoms with Gasteiger partial charge in [-0.15, -0.1) is 0 Å². The van der Waals surface area contributed by atoms with Crippen molar-refractivity contribution in [2.45, 2.75) is 57.6 Å². The first-order valence-electron chi connectivity index (χ1n) is 12.9. The van der Waals surface area contributed by atoms with Crippen molar-refractivity contribution in [1.82, 2.24) is 10.2 Å². The zero-order chi connectivity index (χ0) is 28.6. The number of rotatable bonds is 12. The van der Waals surface area contributed by atoms with E-state index < -0.39 is 28.5 Å². The van der Waals surface area contributed by atoms with Gasteiger partial charge in [0.2, 0.25) is 11.8 Å². The van der Waals surface area contributed by atoms with E-state index in [1.54, 1.807) is 55.6 Å². The molecule has 1 N–H and O–H groups in total. The molecule has 1 atom stereocenters. The molecule has 0 aliphatic heterocycles. The number of sulfonamides is 1. The topological polar surface area (TPSA) is 96.0 Å². The van der Waals surface area contributed by atoms with Gasteiger partial charge in [-0.25, -0.2) is 8.42 Å². The Kier molecular flexibility index (Phi) is 10.1. The molecule has 0 aliphatic rings. The largest absolute Gasteiger partial charge is 0.497 e. The smallest absolute Gasteiger partial charge is 0.264 e. The van der Waals surface area contributed by atoms with Crippen LogP contribution >= 0.6 is 0 Å². The van der Waals surface area contributed by atoms with E-state index in [0.717, 1.165) is 15.4 Å². The van der Waals surface area contributed by atoms with Gasteiger partial charge in [-0.2, -0.15) is 0 Å². The molecule has 208 valence electrons. The normalized spacial score (nSPS) is 12.1. The van der Waals surface area contributed by atoms with Crippen LogP contribution in [0.5, 0.6) is 5.75 Å². The molecule has 0 spiro atoms. The Morgan fingerprint density at radius 2 is 1.64 bits per heavy atom. The molecular weight excluding hydrogens is 514 g/mol. The van der Waals surface area contributed by atoms with Crippen LogP contribution < -0.4 is 14.4 Å². The summed E-state index contributed by atoms with van der Waals surface area (Å²) in [7, 11) is -2.53. The minimum Gasteiger partial charge on any atom is -0.497 e. The van der Waals surface area contributed by atoms with Gasteiger partial charge in [0.25, 0.3) is 10.0 Å². The minimum atomic E-state index is -4.09. The van der Waals surface area contributed by atoms with Crippen molar-refractivity contribution in [2.75, 3.05) is 18.0 Å². The molecule has 0 saturated carbocycles. The molecule has 0 fully saturated rings. The summed E-state index contributed by atoms with van der Waals surface area (Å²) in [6, 6.07) is 21.3. The maximum Gasteiger partial charge on any atom is 0.264 e. The summed E-state index contributed by atoms with van der Waals surface area (Å²) in [4.78, 5) is 28.8. The molecule has 0 bridgehead atoms. The van der Waals surface area contributed by atoms with Crippen molar-refractivity contribution < 1.29 is 22.7 Å². The Bertz CT molecular complexity index is 1380. The van der Waals surface area contributed by atoms with Crippen LogP contribution in [0, 0.1) is 6.92 Å². The Balaban J connectivity index is 2.06. The number of methoxy groups -OCH3 is 1. The van der Waals surface area contributed by atoms with Crippen molar-refractivity contribution in [3.8, 4) is 5.75 Å². The molecule has 3 rings (SSSR count). The molecule has 8 nitrogen and oxygen atoms in total. The highest BCUT2D eigenvalue weighted by atomic mass is 32.2. The molecule has 0 aliphatic carbocycles. The lowest BCUT2D eigenvalue weighted by Gasteiger charge is -2.33. The van der Waals surface area contributed by atoms with Gasteiger partial charge in [-0.1, -0.05) is 49.4 Å². The highest BCUT2D eigenvalue weighted by molar-refractivity contribution is 7.92. The highest BCUT2D eigenvalue weighted by Crippen LogP contribution is 2.26. The number of ether oxygens (including phenoxy) is 1. The Hall–Kier alpha value is -3.85. The average Bonchev–Trinajstić information content (AvgIpc) is 2.91. The van der Waals surface area contributed by atoms with Gasteiger partial charge in [0, 0.05) is 12.6 Å². The first-order valence-corrected chi connectivity index (χ1v) is 14.4. The second kappa shape index (κ2) is 13.3. The summed E-state index contributed by atoms with van der Waals surface area (Å²) in [5.41, 5.74) is 1.98. The zero-order valence-corrected chi connectivity index (χ0v) is 23.9. The number of nitrogens with zero attached hydrogens (tertiary/aromatic N) is 2. The Morgan fingerprint density at radius 3 is 2.26 bits per heavy atom. The van der Waals surface area contributed by atoms with Gasteiger partial charge in [-0.3, -0.25) is 13.9 Å². The molecule has 9 heteroatoms. The van der Waals surface area contributed by atoms with Crippen molar-refractivity contribution >= 4 is 27.5 Å². The number of benzene rings is 3. The average molecular weight is 552 g/mol. The highest BCUT2D eigenvalue weighted by Gasteiger charge is 2.33. The number of hydrogen-bond acceptors (Lipinski definition) is 5. The molecule has 0 radical (unpaired) electrons. The van der Waals surface area contributed by atoms with E-state index in [0.29, 0.717) is 17.9 Å². The number of anilines is 1. The summed E-state index contributed by atoms with van der Waals surface area (Å²) < 4.78 is 34.1. The van der Waals surface area contributed by atoms with Gasteiger partial charge in [-0.05, 0) is 74.7 Å². The molecule has 3 aromatic carbocycles. The third-order valence-electron chi connectivity index (χ3n) is 6.20. The molecule has 0 saturated heterocycles. The zero-order valence-electron chi connectivity index (χ0n) is 23.1. The maximum absolute atomic E-state index is 14.0. The van der Waals surface area contributed by atoms with Crippen LogP contribution in [-0.4, -0.2) is 50.9 Å². The molecular formula is C30H37N3O5S. The third-order valence-corrected chi connectivity index (χ3v) is 7.99. The van der Waals surface area contributed by atoms with Crippen LogP contribution in [0.4, 0.5) is 5.69 Å². The maximum atomic E-state index is 14.0. The van der Waals surface area contributed by atoms with E-state index in [1.807, 2.05) is 45.9 Å². The second-order valence-corrected chi connectivity index (χ2v) is 11.5.